The predicted molar refractivity (Wildman–Crippen MR) is 68.6 cm³/mol. The van der Waals surface area contributed by atoms with E-state index in [0.29, 0.717) is 19.7 Å². The number of benzene rings is 1. The summed E-state index contributed by atoms with van der Waals surface area (Å²) >= 11 is 0. The second kappa shape index (κ2) is 6.07. The SMILES string of the molecule is COc1ccc(OCCn2ccc(CN)n2)cc1. The van der Waals surface area contributed by atoms with Gasteiger partial charge in [-0.05, 0) is 30.3 Å². The van der Waals surface area contributed by atoms with Crippen molar-refractivity contribution in [2.45, 2.75) is 13.1 Å². The van der Waals surface area contributed by atoms with Gasteiger partial charge in [0, 0.05) is 12.7 Å². The summed E-state index contributed by atoms with van der Waals surface area (Å²) in [7, 11) is 1.64. The molecule has 0 saturated heterocycles. The van der Waals surface area contributed by atoms with Crippen LogP contribution in [0.2, 0.25) is 0 Å². The molecule has 2 rings (SSSR count). The standard InChI is InChI=1S/C13H17N3O2/c1-17-12-2-4-13(5-3-12)18-9-8-16-7-6-11(10-14)15-16/h2-7H,8-10,14H2,1H3. The fourth-order valence-corrected chi connectivity index (χ4v) is 1.57. The second-order valence-electron chi connectivity index (χ2n) is 3.80. The first-order chi connectivity index (χ1) is 8.81. The molecule has 0 aliphatic heterocycles. The zero-order valence-corrected chi connectivity index (χ0v) is 10.4. The maximum Gasteiger partial charge on any atom is 0.119 e. The minimum atomic E-state index is 0.465. The molecular weight excluding hydrogens is 230 g/mol. The summed E-state index contributed by atoms with van der Waals surface area (Å²) in [6.07, 6.45) is 1.90. The molecule has 0 radical (unpaired) electrons. The van der Waals surface area contributed by atoms with Crippen molar-refractivity contribution in [2.75, 3.05) is 13.7 Å². The summed E-state index contributed by atoms with van der Waals surface area (Å²) in [6, 6.07) is 9.42. The molecule has 18 heavy (non-hydrogen) atoms. The quantitative estimate of drug-likeness (QED) is 0.838. The molecule has 0 spiro atoms. The number of methoxy groups -OCH3 is 1. The monoisotopic (exact) mass is 247 g/mol. The Labute approximate surface area is 106 Å². The van der Waals surface area contributed by atoms with Crippen molar-refractivity contribution in [3.63, 3.8) is 0 Å². The number of nitrogens with two attached hydrogens (primary N) is 1. The lowest BCUT2D eigenvalue weighted by atomic mass is 10.3. The van der Waals surface area contributed by atoms with Crippen LogP contribution in [0.3, 0.4) is 0 Å². The Hall–Kier alpha value is -2.01. The summed E-state index contributed by atoms with van der Waals surface area (Å²) in [5.41, 5.74) is 6.38. The number of hydrogen-bond donors (Lipinski definition) is 1. The van der Waals surface area contributed by atoms with E-state index >= 15 is 0 Å². The average molecular weight is 247 g/mol. The van der Waals surface area contributed by atoms with Crippen molar-refractivity contribution in [3.8, 4) is 11.5 Å². The highest BCUT2D eigenvalue weighted by Gasteiger charge is 1.98. The van der Waals surface area contributed by atoms with Gasteiger partial charge in [0.05, 0.1) is 19.3 Å². The summed E-state index contributed by atoms with van der Waals surface area (Å²) in [5.74, 6) is 1.64. The van der Waals surface area contributed by atoms with Gasteiger partial charge in [-0.25, -0.2) is 0 Å². The topological polar surface area (TPSA) is 62.3 Å². The van der Waals surface area contributed by atoms with Crippen LogP contribution in [0.15, 0.2) is 36.5 Å². The minimum absolute atomic E-state index is 0.465. The maximum absolute atomic E-state index is 5.60. The van der Waals surface area contributed by atoms with Crippen LogP contribution < -0.4 is 15.2 Å². The van der Waals surface area contributed by atoms with Crippen molar-refractivity contribution in [3.05, 3.63) is 42.2 Å². The van der Waals surface area contributed by atoms with E-state index in [-0.39, 0.29) is 0 Å². The predicted octanol–water partition coefficient (Wildman–Crippen LogP) is 1.43. The highest BCUT2D eigenvalue weighted by Crippen LogP contribution is 2.16. The van der Waals surface area contributed by atoms with Crippen LogP contribution in [-0.4, -0.2) is 23.5 Å². The van der Waals surface area contributed by atoms with Crippen LogP contribution >= 0.6 is 0 Å². The zero-order valence-electron chi connectivity index (χ0n) is 10.4. The van der Waals surface area contributed by atoms with Crippen molar-refractivity contribution in [2.24, 2.45) is 5.73 Å². The third-order valence-corrected chi connectivity index (χ3v) is 2.55. The molecule has 0 aliphatic carbocycles. The lowest BCUT2D eigenvalue weighted by Gasteiger charge is -2.07. The summed E-state index contributed by atoms with van der Waals surface area (Å²) < 4.78 is 12.5. The van der Waals surface area contributed by atoms with Crippen LogP contribution in [0.25, 0.3) is 0 Å². The van der Waals surface area contributed by atoms with E-state index in [9.17, 15) is 0 Å². The molecule has 96 valence electrons. The van der Waals surface area contributed by atoms with Gasteiger partial charge in [0.1, 0.15) is 18.1 Å². The normalized spacial score (nSPS) is 10.3. The smallest absolute Gasteiger partial charge is 0.119 e. The van der Waals surface area contributed by atoms with Crippen molar-refractivity contribution >= 4 is 0 Å². The van der Waals surface area contributed by atoms with Gasteiger partial charge in [0.2, 0.25) is 0 Å². The number of hydrogen-bond acceptors (Lipinski definition) is 4. The minimum Gasteiger partial charge on any atom is -0.497 e. The van der Waals surface area contributed by atoms with E-state index < -0.39 is 0 Å². The average Bonchev–Trinajstić information content (AvgIpc) is 2.87. The molecule has 0 bridgehead atoms. The van der Waals surface area contributed by atoms with E-state index in [1.165, 1.54) is 0 Å². The maximum atomic E-state index is 5.60. The van der Waals surface area contributed by atoms with Crippen molar-refractivity contribution in [1.82, 2.24) is 9.78 Å². The highest BCUT2D eigenvalue weighted by atomic mass is 16.5. The Morgan fingerprint density at radius 1 is 1.17 bits per heavy atom. The molecule has 5 heteroatoms. The summed E-state index contributed by atoms with van der Waals surface area (Å²) in [6.45, 7) is 1.73. The Morgan fingerprint density at radius 2 is 1.89 bits per heavy atom. The molecule has 2 aromatic rings. The van der Waals surface area contributed by atoms with E-state index in [1.807, 2.05) is 41.2 Å². The zero-order chi connectivity index (χ0) is 12.8. The third kappa shape index (κ3) is 3.24. The molecule has 0 atom stereocenters. The van der Waals surface area contributed by atoms with Crippen LogP contribution in [0.5, 0.6) is 11.5 Å². The number of aromatic nitrogens is 2. The molecule has 1 aromatic heterocycles. The number of rotatable bonds is 6. The van der Waals surface area contributed by atoms with Gasteiger partial charge < -0.3 is 15.2 Å². The molecule has 0 saturated carbocycles. The van der Waals surface area contributed by atoms with Crippen LogP contribution in [-0.2, 0) is 13.1 Å². The first-order valence-electron chi connectivity index (χ1n) is 5.81. The summed E-state index contributed by atoms with van der Waals surface area (Å²) in [5, 5.41) is 4.28. The Morgan fingerprint density at radius 3 is 2.50 bits per heavy atom. The third-order valence-electron chi connectivity index (χ3n) is 2.55. The van der Waals surface area contributed by atoms with E-state index in [1.54, 1.807) is 7.11 Å². The Kier molecular flexibility index (Phi) is 4.20. The van der Waals surface area contributed by atoms with Gasteiger partial charge >= 0.3 is 0 Å². The van der Waals surface area contributed by atoms with Gasteiger partial charge in [-0.2, -0.15) is 5.10 Å². The highest BCUT2D eigenvalue weighted by molar-refractivity contribution is 5.31. The lowest BCUT2D eigenvalue weighted by Crippen LogP contribution is -2.09. The molecule has 1 heterocycles. The van der Waals surface area contributed by atoms with Crippen molar-refractivity contribution < 1.29 is 9.47 Å². The molecular formula is C13H17N3O2. The number of nitrogens with zero attached hydrogens (tertiary/aromatic N) is 2. The van der Waals surface area contributed by atoms with Gasteiger partial charge in [-0.15, -0.1) is 0 Å². The van der Waals surface area contributed by atoms with E-state index in [4.69, 9.17) is 15.2 Å². The first-order valence-corrected chi connectivity index (χ1v) is 5.81. The van der Waals surface area contributed by atoms with E-state index in [0.717, 1.165) is 17.2 Å². The Balaban J connectivity index is 1.80. The Bertz CT molecular complexity index is 479. The van der Waals surface area contributed by atoms with Gasteiger partial charge in [-0.1, -0.05) is 0 Å². The van der Waals surface area contributed by atoms with Gasteiger partial charge in [0.25, 0.3) is 0 Å². The molecule has 0 aliphatic rings. The van der Waals surface area contributed by atoms with Crippen LogP contribution in [0.1, 0.15) is 5.69 Å². The molecule has 1 aromatic carbocycles. The van der Waals surface area contributed by atoms with Crippen LogP contribution in [0, 0.1) is 0 Å². The molecule has 5 nitrogen and oxygen atoms in total. The fourth-order valence-electron chi connectivity index (χ4n) is 1.57. The van der Waals surface area contributed by atoms with Crippen molar-refractivity contribution in [1.29, 1.82) is 0 Å². The second-order valence-corrected chi connectivity index (χ2v) is 3.80. The lowest BCUT2D eigenvalue weighted by molar-refractivity contribution is 0.290. The molecule has 0 unspecified atom stereocenters. The molecule has 0 fully saturated rings. The fraction of sp³-hybridized carbons (Fsp3) is 0.308. The van der Waals surface area contributed by atoms with Gasteiger partial charge in [0.15, 0.2) is 0 Å². The van der Waals surface area contributed by atoms with Crippen LogP contribution in [0.4, 0.5) is 0 Å². The van der Waals surface area contributed by atoms with Gasteiger partial charge in [-0.3, -0.25) is 4.68 Å². The molecule has 0 amide bonds. The van der Waals surface area contributed by atoms with E-state index in [2.05, 4.69) is 5.10 Å². The summed E-state index contributed by atoms with van der Waals surface area (Å²) in [4.78, 5) is 0. The number of ether oxygens (including phenoxy) is 2. The largest absolute Gasteiger partial charge is 0.497 e. The molecule has 2 N–H and O–H groups in total. The first kappa shape index (κ1) is 12.4.